The summed E-state index contributed by atoms with van der Waals surface area (Å²) in [6, 6.07) is 0. The number of nitrogens with one attached hydrogen (secondary N) is 1. The van der Waals surface area contributed by atoms with Gasteiger partial charge in [0.15, 0.2) is 0 Å². The van der Waals surface area contributed by atoms with Crippen LogP contribution in [0, 0.1) is 17.3 Å². The van der Waals surface area contributed by atoms with Crippen molar-refractivity contribution in [3.05, 3.63) is 0 Å². The molecule has 0 amide bonds. The van der Waals surface area contributed by atoms with Gasteiger partial charge in [0.05, 0.1) is 0 Å². The van der Waals surface area contributed by atoms with E-state index in [0.717, 1.165) is 11.8 Å². The van der Waals surface area contributed by atoms with Gasteiger partial charge in [0.25, 0.3) is 0 Å². The Morgan fingerprint density at radius 3 is 1.88 bits per heavy atom. The molecule has 16 heavy (non-hydrogen) atoms. The molecule has 1 heterocycles. The molecule has 1 fully saturated rings. The number of hydrogen-bond donors (Lipinski definition) is 1. The Kier molecular flexibility index (Phi) is 3.52. The zero-order chi connectivity index (χ0) is 12.8. The fourth-order valence-corrected chi connectivity index (χ4v) is 4.06. The molecule has 1 aliphatic heterocycles. The molecule has 2 unspecified atom stereocenters. The molecule has 0 radical (unpaired) electrons. The minimum Gasteiger partial charge on any atom is -0.307 e. The molecule has 1 saturated heterocycles. The van der Waals surface area contributed by atoms with Crippen molar-refractivity contribution < 1.29 is 0 Å². The van der Waals surface area contributed by atoms with Crippen LogP contribution in [-0.2, 0) is 0 Å². The lowest BCUT2D eigenvalue weighted by Crippen LogP contribution is -2.57. The van der Waals surface area contributed by atoms with E-state index < -0.39 is 0 Å². The third-order valence-corrected chi connectivity index (χ3v) is 4.49. The fourth-order valence-electron chi connectivity index (χ4n) is 4.06. The maximum absolute atomic E-state index is 3.84. The summed E-state index contributed by atoms with van der Waals surface area (Å²) in [6.45, 7) is 19.1. The Balaban J connectivity index is 2.99. The van der Waals surface area contributed by atoms with Gasteiger partial charge < -0.3 is 5.32 Å². The van der Waals surface area contributed by atoms with Crippen LogP contribution in [0.4, 0.5) is 0 Å². The molecule has 1 nitrogen and oxygen atoms in total. The van der Waals surface area contributed by atoms with Crippen LogP contribution in [0.3, 0.4) is 0 Å². The average molecular weight is 225 g/mol. The highest BCUT2D eigenvalue weighted by Gasteiger charge is 2.41. The standard InChI is InChI=1S/C15H31N/c1-11-9-14(5,6)16-15(7,8)10-13(3,4)12(11)2/h11-12,16H,9-10H2,1-8H3. The van der Waals surface area contributed by atoms with E-state index >= 15 is 0 Å². The van der Waals surface area contributed by atoms with Crippen molar-refractivity contribution >= 4 is 0 Å². The topological polar surface area (TPSA) is 12.0 Å². The Morgan fingerprint density at radius 1 is 0.875 bits per heavy atom. The van der Waals surface area contributed by atoms with Crippen LogP contribution < -0.4 is 5.32 Å². The highest BCUT2D eigenvalue weighted by molar-refractivity contribution is 4.98. The van der Waals surface area contributed by atoms with Crippen molar-refractivity contribution in [3.8, 4) is 0 Å². The second-order valence-electron chi connectivity index (χ2n) is 8.03. The number of hydrogen-bond acceptors (Lipinski definition) is 1. The molecular formula is C15H31N. The SMILES string of the molecule is CC1CC(C)(C)NC(C)(C)CC(C)(C)C1C. The van der Waals surface area contributed by atoms with Crippen molar-refractivity contribution in [1.82, 2.24) is 5.32 Å². The summed E-state index contributed by atoms with van der Waals surface area (Å²) in [4.78, 5) is 0. The van der Waals surface area contributed by atoms with Gasteiger partial charge in [0, 0.05) is 11.1 Å². The van der Waals surface area contributed by atoms with Crippen LogP contribution in [0.25, 0.3) is 0 Å². The highest BCUT2D eigenvalue weighted by Crippen LogP contribution is 2.44. The minimum absolute atomic E-state index is 0.238. The molecule has 0 bridgehead atoms. The molecule has 0 saturated carbocycles. The van der Waals surface area contributed by atoms with E-state index in [2.05, 4.69) is 60.7 Å². The molecule has 96 valence electrons. The summed E-state index contributed by atoms with van der Waals surface area (Å²) in [5.41, 5.74) is 0.918. The van der Waals surface area contributed by atoms with Crippen LogP contribution in [0.5, 0.6) is 0 Å². The average Bonchev–Trinajstić information content (AvgIpc) is 1.95. The van der Waals surface area contributed by atoms with Crippen molar-refractivity contribution in [2.45, 2.75) is 79.3 Å². The Hall–Kier alpha value is -0.0400. The van der Waals surface area contributed by atoms with E-state index in [1.165, 1.54) is 12.8 Å². The van der Waals surface area contributed by atoms with Crippen LogP contribution in [-0.4, -0.2) is 11.1 Å². The highest BCUT2D eigenvalue weighted by atomic mass is 15.0. The van der Waals surface area contributed by atoms with Crippen molar-refractivity contribution in [2.75, 3.05) is 0 Å². The molecular weight excluding hydrogens is 194 g/mol. The Morgan fingerprint density at radius 2 is 1.38 bits per heavy atom. The first kappa shape index (κ1) is 14.0. The van der Waals surface area contributed by atoms with Gasteiger partial charge in [-0.1, -0.05) is 27.7 Å². The quantitative estimate of drug-likeness (QED) is 0.650. The number of rotatable bonds is 0. The van der Waals surface area contributed by atoms with Gasteiger partial charge in [-0.25, -0.2) is 0 Å². The van der Waals surface area contributed by atoms with Gasteiger partial charge in [0.1, 0.15) is 0 Å². The van der Waals surface area contributed by atoms with E-state index in [0.29, 0.717) is 5.41 Å². The van der Waals surface area contributed by atoms with Crippen LogP contribution in [0.15, 0.2) is 0 Å². The summed E-state index contributed by atoms with van der Waals surface area (Å²) in [5, 5.41) is 3.84. The molecule has 1 aliphatic rings. The van der Waals surface area contributed by atoms with Crippen molar-refractivity contribution in [3.63, 3.8) is 0 Å². The third kappa shape index (κ3) is 3.23. The van der Waals surface area contributed by atoms with E-state index in [1.54, 1.807) is 0 Å². The lowest BCUT2D eigenvalue weighted by molar-refractivity contribution is 0.0508. The molecule has 0 aromatic heterocycles. The zero-order valence-corrected chi connectivity index (χ0v) is 12.6. The molecule has 0 aromatic carbocycles. The molecule has 0 aliphatic carbocycles. The predicted molar refractivity (Wildman–Crippen MR) is 72.6 cm³/mol. The lowest BCUT2D eigenvalue weighted by atomic mass is 9.63. The zero-order valence-electron chi connectivity index (χ0n) is 12.6. The van der Waals surface area contributed by atoms with E-state index in [-0.39, 0.29) is 11.1 Å². The second-order valence-corrected chi connectivity index (χ2v) is 8.03. The smallest absolute Gasteiger partial charge is 0.0135 e. The van der Waals surface area contributed by atoms with E-state index in [1.807, 2.05) is 0 Å². The predicted octanol–water partition coefficient (Wildman–Crippen LogP) is 4.23. The summed E-state index contributed by atoms with van der Waals surface area (Å²) >= 11 is 0. The summed E-state index contributed by atoms with van der Waals surface area (Å²) in [7, 11) is 0. The molecule has 0 spiro atoms. The molecule has 1 rings (SSSR count). The van der Waals surface area contributed by atoms with Crippen LogP contribution in [0.1, 0.15) is 68.2 Å². The first-order valence-corrected chi connectivity index (χ1v) is 6.75. The molecule has 1 N–H and O–H groups in total. The fraction of sp³-hybridized carbons (Fsp3) is 1.00. The molecule has 1 heteroatoms. The summed E-state index contributed by atoms with van der Waals surface area (Å²) < 4.78 is 0. The lowest BCUT2D eigenvalue weighted by Gasteiger charge is -2.50. The second kappa shape index (κ2) is 4.01. The largest absolute Gasteiger partial charge is 0.307 e. The van der Waals surface area contributed by atoms with Crippen LogP contribution >= 0.6 is 0 Å². The van der Waals surface area contributed by atoms with Gasteiger partial charge in [-0.05, 0) is 57.8 Å². The normalized spacial score (nSPS) is 37.5. The van der Waals surface area contributed by atoms with Crippen molar-refractivity contribution in [1.29, 1.82) is 0 Å². The van der Waals surface area contributed by atoms with Gasteiger partial charge in [-0.2, -0.15) is 0 Å². The van der Waals surface area contributed by atoms with Gasteiger partial charge >= 0.3 is 0 Å². The maximum Gasteiger partial charge on any atom is 0.0135 e. The first-order chi connectivity index (χ1) is 6.95. The molecule has 0 aromatic rings. The maximum atomic E-state index is 3.84. The summed E-state index contributed by atoms with van der Waals surface area (Å²) in [5.74, 6) is 1.57. The van der Waals surface area contributed by atoms with Gasteiger partial charge in [-0.3, -0.25) is 0 Å². The van der Waals surface area contributed by atoms with E-state index in [9.17, 15) is 0 Å². The molecule has 2 atom stereocenters. The third-order valence-electron chi connectivity index (χ3n) is 4.49. The first-order valence-electron chi connectivity index (χ1n) is 6.75. The van der Waals surface area contributed by atoms with Gasteiger partial charge in [-0.15, -0.1) is 0 Å². The Bertz CT molecular complexity index is 250. The van der Waals surface area contributed by atoms with Crippen LogP contribution in [0.2, 0.25) is 0 Å². The van der Waals surface area contributed by atoms with Crippen molar-refractivity contribution in [2.24, 2.45) is 17.3 Å². The van der Waals surface area contributed by atoms with Gasteiger partial charge in [0.2, 0.25) is 0 Å². The Labute approximate surface area is 102 Å². The monoisotopic (exact) mass is 225 g/mol. The summed E-state index contributed by atoms with van der Waals surface area (Å²) in [6.07, 6.45) is 2.51. The minimum atomic E-state index is 0.238. The van der Waals surface area contributed by atoms with E-state index in [4.69, 9.17) is 0 Å².